The molecule has 2 amide bonds. The van der Waals surface area contributed by atoms with Crippen LogP contribution >= 0.6 is 0 Å². The molecule has 1 saturated heterocycles. The molecule has 1 aliphatic heterocycles. The van der Waals surface area contributed by atoms with Crippen LogP contribution in [0.2, 0.25) is 0 Å². The number of imidazole rings is 2. The number of carbonyl (C=O) groups excluding carboxylic acids is 2. The van der Waals surface area contributed by atoms with E-state index in [0.717, 1.165) is 53.8 Å². The van der Waals surface area contributed by atoms with Gasteiger partial charge in [-0.2, -0.15) is 0 Å². The van der Waals surface area contributed by atoms with Gasteiger partial charge in [-0.25, -0.2) is 24.9 Å². The van der Waals surface area contributed by atoms with E-state index in [-0.39, 0.29) is 17.9 Å². The molecule has 264 valence electrons. The van der Waals surface area contributed by atoms with E-state index in [1.165, 1.54) is 12.8 Å². The number of benzene rings is 2. The molecule has 1 atom stereocenters. The van der Waals surface area contributed by atoms with Gasteiger partial charge in [0.2, 0.25) is 0 Å². The van der Waals surface area contributed by atoms with Gasteiger partial charge >= 0.3 is 0 Å². The fourth-order valence-electron chi connectivity index (χ4n) is 7.90. The van der Waals surface area contributed by atoms with Crippen LogP contribution in [0.3, 0.4) is 0 Å². The van der Waals surface area contributed by atoms with Crippen LogP contribution in [0, 0.1) is 0 Å². The summed E-state index contributed by atoms with van der Waals surface area (Å²) in [5.74, 6) is 2.99. The summed E-state index contributed by atoms with van der Waals surface area (Å²) in [7, 11) is 0. The van der Waals surface area contributed by atoms with Crippen molar-refractivity contribution in [1.29, 1.82) is 0 Å². The van der Waals surface area contributed by atoms with Crippen molar-refractivity contribution in [2.24, 2.45) is 0 Å². The molecule has 0 radical (unpaired) electrons. The van der Waals surface area contributed by atoms with Crippen molar-refractivity contribution < 1.29 is 9.59 Å². The quantitative estimate of drug-likeness (QED) is 0.166. The van der Waals surface area contributed by atoms with E-state index in [4.69, 9.17) is 21.4 Å². The first-order valence-corrected chi connectivity index (χ1v) is 17.9. The SMILES string of the molecule is Nc1nccn2c(C3CCCC3)nc(-c3ccc(C(=O)N4CCC[C@H]4c4nc(-c5ccc(C(=O)Nc6ccccn6)cc5)c5c(N)nccn45)cc3)c12. The zero-order valence-corrected chi connectivity index (χ0v) is 28.9. The van der Waals surface area contributed by atoms with E-state index in [0.29, 0.717) is 58.1 Å². The number of pyridine rings is 1. The van der Waals surface area contributed by atoms with Crippen molar-refractivity contribution in [3.8, 4) is 22.5 Å². The zero-order chi connectivity index (χ0) is 36.1. The van der Waals surface area contributed by atoms with E-state index in [1.54, 1.807) is 42.9 Å². The maximum Gasteiger partial charge on any atom is 0.256 e. The van der Waals surface area contributed by atoms with Gasteiger partial charge in [-0.3, -0.25) is 18.4 Å². The van der Waals surface area contributed by atoms with Crippen molar-refractivity contribution in [1.82, 2.24) is 38.6 Å². The molecule has 2 aromatic carbocycles. The van der Waals surface area contributed by atoms with Gasteiger partial charge in [0.15, 0.2) is 0 Å². The molecule has 13 nitrogen and oxygen atoms in total. The fraction of sp³-hybridized carbons (Fsp3) is 0.225. The Labute approximate surface area is 304 Å². The van der Waals surface area contributed by atoms with E-state index in [9.17, 15) is 9.59 Å². The third-order valence-electron chi connectivity index (χ3n) is 10.5. The molecule has 0 bridgehead atoms. The van der Waals surface area contributed by atoms with Crippen LogP contribution < -0.4 is 16.8 Å². The summed E-state index contributed by atoms with van der Waals surface area (Å²) in [6.07, 6.45) is 14.9. The molecule has 0 spiro atoms. The van der Waals surface area contributed by atoms with Crippen molar-refractivity contribution in [3.63, 3.8) is 0 Å². The number of hydrogen-bond donors (Lipinski definition) is 3. The van der Waals surface area contributed by atoms with Crippen molar-refractivity contribution in [2.45, 2.75) is 50.5 Å². The number of fused-ring (bicyclic) bond motifs is 2. The lowest BCUT2D eigenvalue weighted by Crippen LogP contribution is -2.31. The second kappa shape index (κ2) is 13.2. The number of hydrogen-bond acceptors (Lipinski definition) is 9. The van der Waals surface area contributed by atoms with Crippen LogP contribution in [0.15, 0.2) is 97.7 Å². The van der Waals surface area contributed by atoms with E-state index >= 15 is 0 Å². The zero-order valence-electron chi connectivity index (χ0n) is 28.9. The number of amides is 2. The van der Waals surface area contributed by atoms with Crippen molar-refractivity contribution in [2.75, 3.05) is 23.3 Å². The van der Waals surface area contributed by atoms with Crippen molar-refractivity contribution in [3.05, 3.63) is 120 Å². The predicted molar refractivity (Wildman–Crippen MR) is 202 cm³/mol. The number of aromatic nitrogens is 7. The van der Waals surface area contributed by atoms with Gasteiger partial charge in [0.05, 0.1) is 6.04 Å². The lowest BCUT2D eigenvalue weighted by Gasteiger charge is -2.24. The molecular formula is C40H37N11O2. The van der Waals surface area contributed by atoms with Gasteiger partial charge in [0.25, 0.3) is 11.8 Å². The van der Waals surface area contributed by atoms with Crippen LogP contribution in [0.1, 0.15) is 82.8 Å². The first-order chi connectivity index (χ1) is 25.9. The van der Waals surface area contributed by atoms with Crippen LogP contribution in [0.4, 0.5) is 17.5 Å². The van der Waals surface area contributed by atoms with Crippen molar-refractivity contribution >= 4 is 40.3 Å². The first kappa shape index (κ1) is 32.3. The molecule has 9 rings (SSSR count). The van der Waals surface area contributed by atoms with E-state index in [2.05, 4.69) is 24.7 Å². The Bertz CT molecular complexity index is 2490. The van der Waals surface area contributed by atoms with Crippen LogP contribution in [-0.2, 0) is 0 Å². The number of carbonyl (C=O) groups is 2. The highest BCUT2D eigenvalue weighted by Gasteiger charge is 2.35. The van der Waals surface area contributed by atoms with Gasteiger partial charge in [-0.15, -0.1) is 0 Å². The predicted octanol–water partition coefficient (Wildman–Crippen LogP) is 6.55. The smallest absolute Gasteiger partial charge is 0.256 e. The number of nitrogens with zero attached hydrogens (tertiary/aromatic N) is 8. The van der Waals surface area contributed by atoms with Gasteiger partial charge in [-0.1, -0.05) is 43.2 Å². The minimum atomic E-state index is -0.287. The largest absolute Gasteiger partial charge is 0.382 e. The standard InChI is InChI=1S/C40H37N11O2/c41-35-33-31(47-37(26-6-1-2-7-26)50(33)22-19-44-35)25-12-16-28(17-13-25)40(53)49-21-5-8-29(49)38-48-32(34-36(42)45-20-23-51(34)38)24-10-14-27(15-11-24)39(52)46-30-9-3-4-18-43-30/h3-4,9-20,22-23,26,29H,1-2,5-8,21H2,(H2,41,44)(H2,42,45)(H,43,46,52)/t29-/m0/s1. The Kier molecular flexibility index (Phi) is 8.02. The van der Waals surface area contributed by atoms with Gasteiger partial charge in [0.1, 0.15) is 51.5 Å². The second-order valence-corrected chi connectivity index (χ2v) is 13.7. The Hall–Kier alpha value is -6.63. The Balaban J connectivity index is 1.00. The summed E-state index contributed by atoms with van der Waals surface area (Å²) in [6.45, 7) is 0.592. The van der Waals surface area contributed by atoms with Gasteiger partial charge < -0.3 is 21.7 Å². The number of rotatable bonds is 7. The number of likely N-dealkylation sites (tertiary alicyclic amines) is 1. The molecule has 13 heteroatoms. The maximum atomic E-state index is 14.2. The minimum absolute atomic E-state index is 0.0785. The normalized spacial score (nSPS) is 16.2. The molecule has 1 aliphatic carbocycles. The maximum absolute atomic E-state index is 14.2. The third kappa shape index (κ3) is 5.70. The van der Waals surface area contributed by atoms with Crippen LogP contribution in [0.25, 0.3) is 33.5 Å². The number of nitrogen functional groups attached to an aromatic ring is 2. The molecule has 7 aromatic rings. The number of nitrogens with two attached hydrogens (primary N) is 2. The summed E-state index contributed by atoms with van der Waals surface area (Å²) < 4.78 is 4.02. The number of anilines is 3. The summed E-state index contributed by atoms with van der Waals surface area (Å²) >= 11 is 0. The second-order valence-electron chi connectivity index (χ2n) is 13.7. The lowest BCUT2D eigenvalue weighted by molar-refractivity contribution is 0.0729. The Morgan fingerprint density at radius 1 is 0.660 bits per heavy atom. The summed E-state index contributed by atoms with van der Waals surface area (Å²) in [5.41, 5.74) is 18.4. The van der Waals surface area contributed by atoms with Crippen LogP contribution in [-0.4, -0.2) is 57.0 Å². The third-order valence-corrected chi connectivity index (χ3v) is 10.5. The summed E-state index contributed by atoms with van der Waals surface area (Å²) in [6, 6.07) is 19.8. The molecular weight excluding hydrogens is 667 g/mol. The highest BCUT2D eigenvalue weighted by Crippen LogP contribution is 2.39. The average molecular weight is 704 g/mol. The van der Waals surface area contributed by atoms with Gasteiger partial charge in [-0.05, 0) is 62.1 Å². The number of nitrogens with one attached hydrogen (secondary N) is 1. The topological polar surface area (TPSA) is 175 Å². The first-order valence-electron chi connectivity index (χ1n) is 17.9. The molecule has 1 saturated carbocycles. The molecule has 5 aromatic heterocycles. The van der Waals surface area contributed by atoms with E-state index < -0.39 is 0 Å². The van der Waals surface area contributed by atoms with Crippen LogP contribution in [0.5, 0.6) is 0 Å². The molecule has 0 unspecified atom stereocenters. The highest BCUT2D eigenvalue weighted by molar-refractivity contribution is 6.04. The molecule has 2 aliphatic rings. The monoisotopic (exact) mass is 703 g/mol. The lowest BCUT2D eigenvalue weighted by atomic mass is 10.1. The molecule has 2 fully saturated rings. The molecule has 6 heterocycles. The fourth-order valence-corrected chi connectivity index (χ4v) is 7.90. The minimum Gasteiger partial charge on any atom is -0.382 e. The summed E-state index contributed by atoms with van der Waals surface area (Å²) in [5, 5.41) is 2.81. The average Bonchev–Trinajstić information content (AvgIpc) is 4.01. The highest BCUT2D eigenvalue weighted by atomic mass is 16.2. The van der Waals surface area contributed by atoms with E-state index in [1.807, 2.05) is 64.2 Å². The molecule has 53 heavy (non-hydrogen) atoms. The Morgan fingerprint density at radius 2 is 1.26 bits per heavy atom. The summed E-state index contributed by atoms with van der Waals surface area (Å²) in [4.78, 5) is 52.1. The van der Waals surface area contributed by atoms with Gasteiger partial charge in [0, 0.05) is 65.7 Å². The molecule has 5 N–H and O–H groups in total. The Morgan fingerprint density at radius 3 is 1.89 bits per heavy atom.